The van der Waals surface area contributed by atoms with Crippen LogP contribution < -0.4 is 5.32 Å². The van der Waals surface area contributed by atoms with Gasteiger partial charge in [-0.2, -0.15) is 0 Å². The van der Waals surface area contributed by atoms with Gasteiger partial charge in [0.05, 0.1) is 65.7 Å². The Balaban J connectivity index is 0.000000591. The zero-order valence-corrected chi connectivity index (χ0v) is 66.6. The van der Waals surface area contributed by atoms with Gasteiger partial charge in [-0.05, 0) is 199 Å². The molecule has 4 heterocycles. The van der Waals surface area contributed by atoms with Crippen molar-refractivity contribution in [3.05, 3.63) is 72.9 Å². The van der Waals surface area contributed by atoms with E-state index in [-0.39, 0.29) is 80.7 Å². The van der Waals surface area contributed by atoms with Gasteiger partial charge in [0.1, 0.15) is 47.8 Å². The van der Waals surface area contributed by atoms with E-state index >= 15 is 0 Å². The fourth-order valence-electron chi connectivity index (χ4n) is 15.2. The maximum Gasteiger partial charge on any atom is 0.311 e. The standard InChI is InChI=1S/C51H86N2O10.C29H56N2O9/c1-12-14-15-16-17-18-19-20-21-22-23-24-25-26-27-28-29-30-31-32-43(54)53-35-36(3)34-50(8,59)47(63-49-45(56)41(52(10)11)33-37(4)61-49)38(5)44(55)39(6)48(58)62-42(13-2)51(9,60)46(57)40(53)7;1-11-21-29(8,37)24(34)19(6)30-14-15(2)13-28(7,36)25(17(4)22(32)18(5)26(35)39-21)40-27-23(33)20(31(9)10)12-16(3)38-27/h14-15,17-18,20-21,23-24,26-27,29-30,36-42,44-47,49,55-57,59-60H,12-13,16,19,22,25,28,31-35H2,1-11H3;15-25,27,30,32-34,36-37H,11-14H2,1-10H3/b15-14-,18-17-,21-20-,24-23-,27-26-,30-29-;/t36-,37-,38+,39-,40-,41+,42-,44+,45-,46-,47-,49+,50-,51-;15-,16-,17+,18-,19-,20+,21-,22+,23-,24-,25-,27+,28-,29-/m11/s1. The number of cyclic esters (lactones) is 2. The van der Waals surface area contributed by atoms with Gasteiger partial charge in [-0.3, -0.25) is 14.4 Å². The lowest BCUT2D eigenvalue weighted by Gasteiger charge is -2.46. The molecule has 0 bridgehead atoms. The predicted molar refractivity (Wildman–Crippen MR) is 402 cm³/mol. The zero-order chi connectivity index (χ0) is 78.1. The summed E-state index contributed by atoms with van der Waals surface area (Å²) in [6.45, 7) is 29.6. The lowest BCUT2D eigenvalue weighted by atomic mass is 9.78. The molecule has 0 unspecified atom stereocenters. The number of hydrogen-bond acceptors (Lipinski definition) is 22. The van der Waals surface area contributed by atoms with Gasteiger partial charge >= 0.3 is 11.9 Å². The molecule has 28 atom stereocenters. The first kappa shape index (κ1) is 93.4. The summed E-state index contributed by atoms with van der Waals surface area (Å²) in [6.07, 6.45) is 18.9. The van der Waals surface area contributed by atoms with E-state index in [1.165, 1.54) is 27.7 Å². The minimum Gasteiger partial charge on any atom is -0.459 e. The number of carbonyl (C=O) groups is 3. The number of likely N-dealkylation sites (N-methyl/N-ethyl adjacent to an activating group) is 2. The molecule has 103 heavy (non-hydrogen) atoms. The molecule has 23 nitrogen and oxygen atoms in total. The van der Waals surface area contributed by atoms with Gasteiger partial charge in [0.2, 0.25) is 5.91 Å². The highest BCUT2D eigenvalue weighted by atomic mass is 16.7. The molecule has 0 aromatic heterocycles. The maximum absolute atomic E-state index is 14.1. The second kappa shape index (κ2) is 44.0. The number of aliphatic hydroxyl groups excluding tert-OH is 6. The van der Waals surface area contributed by atoms with Crippen molar-refractivity contribution < 1.29 is 93.9 Å². The summed E-state index contributed by atoms with van der Waals surface area (Å²) < 4.78 is 36.4. The second-order valence-electron chi connectivity index (χ2n) is 31.8. The monoisotopic (exact) mass is 1460 g/mol. The number of rotatable bonds is 22. The maximum atomic E-state index is 14.1. The number of allylic oxidation sites excluding steroid dienone is 12. The molecule has 1 amide bonds. The number of hydrogen-bond donors (Lipinski definition) is 11. The van der Waals surface area contributed by atoms with Crippen LogP contribution in [0.3, 0.4) is 0 Å². The molecule has 0 aromatic carbocycles. The van der Waals surface area contributed by atoms with Gasteiger partial charge < -0.3 is 99.5 Å². The smallest absolute Gasteiger partial charge is 0.311 e. The van der Waals surface area contributed by atoms with E-state index in [1.807, 2.05) is 77.8 Å². The van der Waals surface area contributed by atoms with Crippen LogP contribution in [0.1, 0.15) is 208 Å². The highest BCUT2D eigenvalue weighted by molar-refractivity contribution is 5.77. The third kappa shape index (κ3) is 28.0. The van der Waals surface area contributed by atoms with Gasteiger partial charge in [0.25, 0.3) is 0 Å². The van der Waals surface area contributed by atoms with E-state index in [0.717, 1.165) is 38.5 Å². The van der Waals surface area contributed by atoms with E-state index in [0.29, 0.717) is 25.8 Å². The molecule has 11 N–H and O–H groups in total. The van der Waals surface area contributed by atoms with Crippen LogP contribution >= 0.6 is 0 Å². The highest BCUT2D eigenvalue weighted by Gasteiger charge is 2.53. The third-order valence-electron chi connectivity index (χ3n) is 21.6. The predicted octanol–water partition coefficient (Wildman–Crippen LogP) is 7.98. The summed E-state index contributed by atoms with van der Waals surface area (Å²) in [5, 5.41) is 119. The molecule has 596 valence electrons. The highest BCUT2D eigenvalue weighted by Crippen LogP contribution is 2.40. The molecule has 0 spiro atoms. The molecule has 4 fully saturated rings. The summed E-state index contributed by atoms with van der Waals surface area (Å²) >= 11 is 0. The number of ether oxygens (including phenoxy) is 6. The normalized spacial score (nSPS) is 41.0. The topological polar surface area (TPSA) is 331 Å². The first-order chi connectivity index (χ1) is 48.0. The number of nitrogens with zero attached hydrogens (tertiary/aromatic N) is 3. The number of esters is 2. The van der Waals surface area contributed by atoms with Crippen molar-refractivity contribution >= 4 is 17.8 Å². The number of nitrogens with one attached hydrogen (secondary N) is 1. The first-order valence-corrected chi connectivity index (χ1v) is 38.3. The average Bonchev–Trinajstić information content (AvgIpc) is 1.66. The molecule has 0 saturated carbocycles. The SMILES string of the molecule is CC/C=C\C/C=C\C/C=C\C/C=C\C/C=C\C/C=C\CCC(=O)N1C[C@H](C)C[C@@](C)(O)[C@H](O[C@@H]2O[C@H](C)C[C@H](N(C)C)[C@H]2O)[C@@H](C)[C@H](O)[C@@H](C)C(=O)O[C@H](CC)[C@@](C)(O)[C@H](O)[C@H]1C.CC[C@H]1OC(=O)[C@H](C)[C@@H](O)[C@H](C)[C@@H](O[C@@H]2O[C@H](C)C[C@H](N(C)C)[C@H]2O)[C@](C)(O)C[C@@H](C)CN[C@H](C)[C@@H](O)[C@]1(C)O. The third-order valence-corrected chi connectivity index (χ3v) is 21.6. The van der Waals surface area contributed by atoms with E-state index in [2.05, 4.69) is 73.0 Å². The first-order valence-electron chi connectivity index (χ1n) is 38.3. The molecule has 4 saturated heterocycles. The van der Waals surface area contributed by atoms with Gasteiger partial charge in [-0.25, -0.2) is 0 Å². The van der Waals surface area contributed by atoms with Gasteiger partial charge in [0, 0.05) is 42.9 Å². The lowest BCUT2D eigenvalue weighted by molar-refractivity contribution is -0.299. The number of aliphatic hydroxyl groups is 10. The molecule has 0 aromatic rings. The minimum absolute atomic E-state index is 0.0801. The fraction of sp³-hybridized carbons (Fsp3) is 0.812. The van der Waals surface area contributed by atoms with E-state index < -0.39 is 144 Å². The molecule has 0 radical (unpaired) electrons. The Bertz CT molecular complexity index is 2660. The van der Waals surface area contributed by atoms with Crippen LogP contribution in [0.5, 0.6) is 0 Å². The number of carbonyl (C=O) groups excluding carboxylic acids is 3. The van der Waals surface area contributed by atoms with Crippen molar-refractivity contribution in [3.63, 3.8) is 0 Å². The van der Waals surface area contributed by atoms with Gasteiger partial charge in [-0.15, -0.1) is 0 Å². The summed E-state index contributed by atoms with van der Waals surface area (Å²) in [5.41, 5.74) is -6.88. The quantitative estimate of drug-likeness (QED) is 0.0361. The molecular formula is C80H142N4O19. The Morgan fingerprint density at radius 3 is 1.26 bits per heavy atom. The average molecular weight is 1460 g/mol. The van der Waals surface area contributed by atoms with E-state index in [4.69, 9.17) is 28.4 Å². The largest absolute Gasteiger partial charge is 0.459 e. The molecule has 4 aliphatic rings. The Kier molecular flexibility index (Phi) is 39.9. The fourth-order valence-corrected chi connectivity index (χ4v) is 15.2. The van der Waals surface area contributed by atoms with E-state index in [1.54, 1.807) is 60.3 Å². The Morgan fingerprint density at radius 2 is 0.893 bits per heavy atom. The summed E-state index contributed by atoms with van der Waals surface area (Å²) in [4.78, 5) is 46.3. The summed E-state index contributed by atoms with van der Waals surface area (Å²) in [5.74, 6) is -6.10. The second-order valence-corrected chi connectivity index (χ2v) is 31.8. The van der Waals surface area contributed by atoms with Gasteiger partial charge in [-0.1, -0.05) is 121 Å². The van der Waals surface area contributed by atoms with Crippen LogP contribution in [0.15, 0.2) is 72.9 Å². The lowest BCUT2D eigenvalue weighted by Crippen LogP contribution is -2.60. The van der Waals surface area contributed by atoms with Crippen LogP contribution in [0.4, 0.5) is 0 Å². The van der Waals surface area contributed by atoms with Crippen LogP contribution in [-0.2, 0) is 42.8 Å². The molecule has 4 rings (SSSR count). The molecule has 0 aliphatic carbocycles. The van der Waals surface area contributed by atoms with Crippen molar-refractivity contribution in [1.29, 1.82) is 0 Å². The molecule has 4 aliphatic heterocycles. The van der Waals surface area contributed by atoms with Crippen molar-refractivity contribution in [1.82, 2.24) is 20.0 Å². The van der Waals surface area contributed by atoms with Crippen molar-refractivity contribution in [3.8, 4) is 0 Å². The molecule has 23 heteroatoms. The number of amides is 1. The van der Waals surface area contributed by atoms with Crippen molar-refractivity contribution in [2.24, 2.45) is 35.5 Å². The van der Waals surface area contributed by atoms with Crippen LogP contribution in [-0.4, -0.2) is 257 Å². The Hall–Kier alpha value is -3.83. The molecular weight excluding hydrogens is 1320 g/mol. The van der Waals surface area contributed by atoms with Crippen LogP contribution in [0.25, 0.3) is 0 Å². The van der Waals surface area contributed by atoms with Crippen LogP contribution in [0, 0.1) is 35.5 Å². The van der Waals surface area contributed by atoms with Crippen LogP contribution in [0.2, 0.25) is 0 Å². The minimum atomic E-state index is -1.96. The summed E-state index contributed by atoms with van der Waals surface area (Å²) in [6, 6.07) is -1.99. The van der Waals surface area contributed by atoms with Crippen molar-refractivity contribution in [2.45, 2.75) is 340 Å². The van der Waals surface area contributed by atoms with Gasteiger partial charge in [0.15, 0.2) is 12.6 Å². The van der Waals surface area contributed by atoms with E-state index in [9.17, 15) is 65.4 Å². The van der Waals surface area contributed by atoms with Crippen molar-refractivity contribution in [2.75, 3.05) is 41.3 Å². The zero-order valence-electron chi connectivity index (χ0n) is 66.6. The summed E-state index contributed by atoms with van der Waals surface area (Å²) in [7, 11) is 7.47. The Morgan fingerprint density at radius 1 is 0.534 bits per heavy atom. The Labute approximate surface area is 618 Å².